The second-order valence-electron chi connectivity index (χ2n) is 5.33. The summed E-state index contributed by atoms with van der Waals surface area (Å²) in [6.07, 6.45) is 6.97. The van der Waals surface area contributed by atoms with E-state index in [1.54, 1.807) is 0 Å². The highest BCUT2D eigenvalue weighted by Crippen LogP contribution is 2.19. The molecule has 0 aliphatic heterocycles. The molecule has 1 heterocycles. The molecule has 1 aromatic carbocycles. The zero-order valence-electron chi connectivity index (χ0n) is 11.5. The number of aromatic nitrogens is 2. The maximum atomic E-state index is 4.53. The predicted molar refractivity (Wildman–Crippen MR) is 78.5 cm³/mol. The topological polar surface area (TPSA) is 29.9 Å². The lowest BCUT2D eigenvalue weighted by Gasteiger charge is -2.14. The molecule has 0 amide bonds. The molecule has 0 radical (unpaired) electrons. The normalized spacial score (nSPS) is 14.2. The van der Waals surface area contributed by atoms with E-state index in [1.165, 1.54) is 41.9 Å². The molecule has 3 heteroatoms. The summed E-state index contributed by atoms with van der Waals surface area (Å²) in [5.74, 6) is 0. The van der Waals surface area contributed by atoms with Crippen LogP contribution in [0.2, 0.25) is 0 Å². The smallest absolute Gasteiger partial charge is 0.0952 e. The van der Waals surface area contributed by atoms with Crippen LogP contribution >= 0.6 is 0 Å². The molecule has 0 saturated carbocycles. The van der Waals surface area contributed by atoms with Gasteiger partial charge < -0.3 is 9.88 Å². The zero-order chi connectivity index (χ0) is 13.1. The number of fused-ring (bicyclic) bond motifs is 1. The molecule has 3 rings (SSSR count). The van der Waals surface area contributed by atoms with Gasteiger partial charge in [0.1, 0.15) is 0 Å². The summed E-state index contributed by atoms with van der Waals surface area (Å²) in [6, 6.07) is 8.52. The minimum absolute atomic E-state index is 0.951. The molecule has 0 fully saturated rings. The van der Waals surface area contributed by atoms with Gasteiger partial charge in [-0.15, -0.1) is 0 Å². The number of hydrogen-bond donors (Lipinski definition) is 1. The first-order chi connectivity index (χ1) is 9.33. The van der Waals surface area contributed by atoms with Crippen LogP contribution in [0.25, 0.3) is 0 Å². The third-order valence-electron chi connectivity index (χ3n) is 3.81. The fourth-order valence-corrected chi connectivity index (χ4v) is 2.80. The van der Waals surface area contributed by atoms with Gasteiger partial charge in [-0.05, 0) is 50.3 Å². The van der Waals surface area contributed by atoms with Crippen LogP contribution in [0.15, 0.2) is 30.6 Å². The summed E-state index contributed by atoms with van der Waals surface area (Å²) in [6.45, 7) is 4.07. The van der Waals surface area contributed by atoms with E-state index < -0.39 is 0 Å². The Morgan fingerprint density at radius 3 is 3.05 bits per heavy atom. The van der Waals surface area contributed by atoms with E-state index in [9.17, 15) is 0 Å². The van der Waals surface area contributed by atoms with E-state index in [1.807, 2.05) is 6.33 Å². The zero-order valence-corrected chi connectivity index (χ0v) is 11.5. The monoisotopic (exact) mass is 255 g/mol. The van der Waals surface area contributed by atoms with Crippen molar-refractivity contribution >= 4 is 5.69 Å². The second-order valence-corrected chi connectivity index (χ2v) is 5.33. The largest absolute Gasteiger partial charge is 0.383 e. The number of anilines is 1. The number of rotatable bonds is 4. The Hall–Kier alpha value is -1.77. The van der Waals surface area contributed by atoms with Crippen LogP contribution in [0.1, 0.15) is 29.8 Å². The van der Waals surface area contributed by atoms with E-state index in [0.29, 0.717) is 0 Å². The van der Waals surface area contributed by atoms with Crippen molar-refractivity contribution in [3.05, 3.63) is 47.5 Å². The van der Waals surface area contributed by atoms with E-state index in [2.05, 4.69) is 46.1 Å². The number of aryl methyl sites for hydroxylation is 2. The Morgan fingerprint density at radius 1 is 1.26 bits per heavy atom. The fourth-order valence-electron chi connectivity index (χ4n) is 2.80. The van der Waals surface area contributed by atoms with Gasteiger partial charge in [0.15, 0.2) is 0 Å². The van der Waals surface area contributed by atoms with Crippen molar-refractivity contribution in [2.75, 3.05) is 11.9 Å². The summed E-state index contributed by atoms with van der Waals surface area (Å²) in [5, 5.41) is 3.48. The summed E-state index contributed by atoms with van der Waals surface area (Å²) >= 11 is 0. The second kappa shape index (κ2) is 5.47. The lowest BCUT2D eigenvalue weighted by atomic mass is 10.0. The molecule has 0 spiro atoms. The molecule has 1 aliphatic rings. The molecule has 3 nitrogen and oxygen atoms in total. The van der Waals surface area contributed by atoms with Gasteiger partial charge in [0, 0.05) is 24.5 Å². The average molecular weight is 255 g/mol. The molecule has 0 unspecified atom stereocenters. The fraction of sp³-hybridized carbons (Fsp3) is 0.438. The van der Waals surface area contributed by atoms with Crippen LogP contribution in [0.4, 0.5) is 5.69 Å². The van der Waals surface area contributed by atoms with E-state index in [-0.39, 0.29) is 0 Å². The Balaban J connectivity index is 1.59. The van der Waals surface area contributed by atoms with Crippen molar-refractivity contribution in [2.24, 2.45) is 0 Å². The Morgan fingerprint density at radius 2 is 2.16 bits per heavy atom. The molecular formula is C16H21N3. The van der Waals surface area contributed by atoms with Gasteiger partial charge in [-0.3, -0.25) is 0 Å². The van der Waals surface area contributed by atoms with Crippen molar-refractivity contribution in [3.63, 3.8) is 0 Å². The summed E-state index contributed by atoms with van der Waals surface area (Å²) in [7, 11) is 0. The average Bonchev–Trinajstić information content (AvgIpc) is 2.83. The van der Waals surface area contributed by atoms with Crippen LogP contribution < -0.4 is 5.32 Å². The Kier molecular flexibility index (Phi) is 3.53. The standard InChI is InChI=1S/C16H21N3/c1-13-5-4-6-14(11-13)17-9-10-19-12-18-15-7-2-3-8-16(15)19/h4-6,11-12,17H,2-3,7-10H2,1H3. The van der Waals surface area contributed by atoms with Crippen molar-refractivity contribution in [2.45, 2.75) is 39.2 Å². The maximum Gasteiger partial charge on any atom is 0.0952 e. The number of hydrogen-bond acceptors (Lipinski definition) is 2. The van der Waals surface area contributed by atoms with E-state index in [4.69, 9.17) is 0 Å². The molecular weight excluding hydrogens is 234 g/mol. The Bertz CT molecular complexity index is 557. The first-order valence-electron chi connectivity index (χ1n) is 7.16. The van der Waals surface area contributed by atoms with Crippen LogP contribution in [-0.4, -0.2) is 16.1 Å². The SMILES string of the molecule is Cc1cccc(NCCn2cnc3c2CCCC3)c1. The van der Waals surface area contributed by atoms with Crippen LogP contribution in [0, 0.1) is 6.92 Å². The lowest BCUT2D eigenvalue weighted by Crippen LogP contribution is -2.14. The first kappa shape index (κ1) is 12.3. The molecule has 100 valence electrons. The molecule has 1 N–H and O–H groups in total. The van der Waals surface area contributed by atoms with Crippen LogP contribution in [0.5, 0.6) is 0 Å². The lowest BCUT2D eigenvalue weighted by molar-refractivity contribution is 0.613. The van der Waals surface area contributed by atoms with Gasteiger partial charge in [0.25, 0.3) is 0 Å². The highest BCUT2D eigenvalue weighted by atomic mass is 15.1. The van der Waals surface area contributed by atoms with Gasteiger partial charge in [0.2, 0.25) is 0 Å². The van der Waals surface area contributed by atoms with Crippen molar-refractivity contribution in [1.82, 2.24) is 9.55 Å². The Labute approximate surface area is 114 Å². The highest BCUT2D eigenvalue weighted by Gasteiger charge is 2.14. The molecule has 19 heavy (non-hydrogen) atoms. The van der Waals surface area contributed by atoms with Gasteiger partial charge in [0.05, 0.1) is 12.0 Å². The van der Waals surface area contributed by atoms with Crippen molar-refractivity contribution in [3.8, 4) is 0 Å². The summed E-state index contributed by atoms with van der Waals surface area (Å²) in [4.78, 5) is 4.53. The van der Waals surface area contributed by atoms with Crippen molar-refractivity contribution in [1.29, 1.82) is 0 Å². The quantitative estimate of drug-likeness (QED) is 0.909. The van der Waals surface area contributed by atoms with Gasteiger partial charge in [-0.2, -0.15) is 0 Å². The molecule has 2 aromatic rings. The molecule has 0 saturated heterocycles. The van der Waals surface area contributed by atoms with Crippen molar-refractivity contribution < 1.29 is 0 Å². The van der Waals surface area contributed by atoms with Gasteiger partial charge in [-0.1, -0.05) is 12.1 Å². The molecule has 1 aromatic heterocycles. The minimum atomic E-state index is 0.951. The predicted octanol–water partition coefficient (Wildman–Crippen LogP) is 3.18. The van der Waals surface area contributed by atoms with Crippen LogP contribution in [0.3, 0.4) is 0 Å². The molecule has 0 bridgehead atoms. The van der Waals surface area contributed by atoms with E-state index in [0.717, 1.165) is 19.5 Å². The number of benzene rings is 1. The number of nitrogens with zero attached hydrogens (tertiary/aromatic N) is 2. The minimum Gasteiger partial charge on any atom is -0.383 e. The summed E-state index contributed by atoms with van der Waals surface area (Å²) < 4.78 is 2.32. The van der Waals surface area contributed by atoms with E-state index >= 15 is 0 Å². The first-order valence-corrected chi connectivity index (χ1v) is 7.16. The molecule has 1 aliphatic carbocycles. The van der Waals surface area contributed by atoms with Gasteiger partial charge >= 0.3 is 0 Å². The maximum absolute atomic E-state index is 4.53. The van der Waals surface area contributed by atoms with Gasteiger partial charge in [-0.25, -0.2) is 4.98 Å². The third kappa shape index (κ3) is 2.80. The number of imidazole rings is 1. The number of nitrogens with one attached hydrogen (secondary N) is 1. The summed E-state index contributed by atoms with van der Waals surface area (Å²) in [5.41, 5.74) is 5.28. The molecule has 0 atom stereocenters. The third-order valence-corrected chi connectivity index (χ3v) is 3.81. The highest BCUT2D eigenvalue weighted by molar-refractivity contribution is 5.45. The van der Waals surface area contributed by atoms with Crippen LogP contribution in [-0.2, 0) is 19.4 Å².